The second-order valence-corrected chi connectivity index (χ2v) is 7.21. The molecule has 2 N–H and O–H groups in total. The Labute approximate surface area is 141 Å². The number of nitrogens with one attached hydrogen (secondary N) is 2. The van der Waals surface area contributed by atoms with Gasteiger partial charge < -0.3 is 5.32 Å². The fourth-order valence-electron chi connectivity index (χ4n) is 2.27. The minimum Gasteiger partial charge on any atom is -0.326 e. The predicted molar refractivity (Wildman–Crippen MR) is 90.8 cm³/mol. The summed E-state index contributed by atoms with van der Waals surface area (Å²) in [6.45, 7) is 3.56. The van der Waals surface area contributed by atoms with Crippen molar-refractivity contribution in [2.75, 3.05) is 11.9 Å². The number of anilines is 1. The fourth-order valence-corrected chi connectivity index (χ4v) is 3.52. The number of rotatable bonds is 6. The Morgan fingerprint density at radius 1 is 1.12 bits per heavy atom. The molecule has 0 aliphatic carbocycles. The lowest BCUT2D eigenvalue weighted by Crippen LogP contribution is -2.28. The molecule has 24 heavy (non-hydrogen) atoms. The summed E-state index contributed by atoms with van der Waals surface area (Å²) in [4.78, 5) is 12.0. The Bertz CT molecular complexity index is 851. The van der Waals surface area contributed by atoms with Crippen molar-refractivity contribution in [3.8, 4) is 0 Å². The molecule has 0 aromatic heterocycles. The summed E-state index contributed by atoms with van der Waals surface area (Å²) in [6.07, 6.45) is -0.0549. The number of aryl methyl sites for hydroxylation is 2. The molecule has 0 aliphatic heterocycles. The second-order valence-electron chi connectivity index (χ2n) is 5.48. The summed E-state index contributed by atoms with van der Waals surface area (Å²) in [7, 11) is -3.67. The van der Waals surface area contributed by atoms with Crippen molar-refractivity contribution in [2.24, 2.45) is 0 Å². The van der Waals surface area contributed by atoms with Gasteiger partial charge in [-0.15, -0.1) is 0 Å². The number of halogens is 1. The number of carbonyl (C=O) groups is 1. The number of benzene rings is 2. The lowest BCUT2D eigenvalue weighted by atomic mass is 10.2. The molecule has 2 rings (SSSR count). The largest absolute Gasteiger partial charge is 0.326 e. The van der Waals surface area contributed by atoms with Crippen LogP contribution in [0.1, 0.15) is 17.5 Å². The SMILES string of the molecule is Cc1ccc(S(=O)(=O)NCCC(=O)Nc2cccc(F)c2)c(C)c1. The van der Waals surface area contributed by atoms with Crippen LogP contribution in [0.3, 0.4) is 0 Å². The first-order valence-electron chi connectivity index (χ1n) is 7.40. The Balaban J connectivity index is 1.92. The van der Waals surface area contributed by atoms with Crippen LogP contribution in [0.15, 0.2) is 47.4 Å². The third-order valence-corrected chi connectivity index (χ3v) is 4.99. The Kier molecular flexibility index (Phi) is 5.69. The molecule has 5 nitrogen and oxygen atoms in total. The predicted octanol–water partition coefficient (Wildman–Crippen LogP) is 2.75. The summed E-state index contributed by atoms with van der Waals surface area (Å²) in [6, 6.07) is 10.5. The zero-order valence-corrected chi connectivity index (χ0v) is 14.3. The number of carbonyl (C=O) groups excluding carboxylic acids is 1. The van der Waals surface area contributed by atoms with Crippen molar-refractivity contribution in [3.63, 3.8) is 0 Å². The van der Waals surface area contributed by atoms with Crippen LogP contribution >= 0.6 is 0 Å². The van der Waals surface area contributed by atoms with Gasteiger partial charge in [-0.05, 0) is 43.7 Å². The van der Waals surface area contributed by atoms with Gasteiger partial charge in [0.1, 0.15) is 5.82 Å². The summed E-state index contributed by atoms with van der Waals surface area (Å²) >= 11 is 0. The molecule has 0 saturated carbocycles. The normalized spacial score (nSPS) is 11.3. The molecule has 0 saturated heterocycles. The van der Waals surface area contributed by atoms with E-state index in [1.165, 1.54) is 18.2 Å². The molecule has 2 aromatic rings. The van der Waals surface area contributed by atoms with Crippen LogP contribution < -0.4 is 10.0 Å². The zero-order valence-electron chi connectivity index (χ0n) is 13.5. The zero-order chi connectivity index (χ0) is 17.7. The average Bonchev–Trinajstić information content (AvgIpc) is 2.46. The van der Waals surface area contributed by atoms with E-state index in [0.717, 1.165) is 5.56 Å². The van der Waals surface area contributed by atoms with Crippen molar-refractivity contribution in [1.29, 1.82) is 0 Å². The number of amides is 1. The molecule has 0 bridgehead atoms. The lowest BCUT2D eigenvalue weighted by molar-refractivity contribution is -0.116. The van der Waals surface area contributed by atoms with E-state index in [9.17, 15) is 17.6 Å². The number of hydrogen-bond acceptors (Lipinski definition) is 3. The van der Waals surface area contributed by atoms with E-state index in [0.29, 0.717) is 11.3 Å². The second kappa shape index (κ2) is 7.55. The van der Waals surface area contributed by atoms with Crippen LogP contribution in [0.25, 0.3) is 0 Å². The van der Waals surface area contributed by atoms with Crippen LogP contribution in [-0.4, -0.2) is 20.9 Å². The topological polar surface area (TPSA) is 75.3 Å². The van der Waals surface area contributed by atoms with E-state index < -0.39 is 21.7 Å². The molecule has 0 aliphatic rings. The molecular weight excluding hydrogens is 331 g/mol. The summed E-state index contributed by atoms with van der Waals surface area (Å²) in [5, 5.41) is 2.51. The molecule has 0 fully saturated rings. The van der Waals surface area contributed by atoms with E-state index in [2.05, 4.69) is 10.0 Å². The minimum absolute atomic E-state index is 0.0448. The molecule has 0 heterocycles. The summed E-state index contributed by atoms with van der Waals surface area (Å²) in [5.74, 6) is -0.854. The highest BCUT2D eigenvalue weighted by Gasteiger charge is 2.16. The molecule has 2 aromatic carbocycles. The summed E-state index contributed by atoms with van der Waals surface area (Å²) in [5.41, 5.74) is 1.95. The third-order valence-electron chi connectivity index (χ3n) is 3.37. The van der Waals surface area contributed by atoms with Crippen molar-refractivity contribution in [2.45, 2.75) is 25.2 Å². The monoisotopic (exact) mass is 350 g/mol. The van der Waals surface area contributed by atoms with Crippen molar-refractivity contribution in [3.05, 3.63) is 59.4 Å². The van der Waals surface area contributed by atoms with Gasteiger partial charge in [-0.2, -0.15) is 0 Å². The standard InChI is InChI=1S/C17H19FN2O3S/c1-12-6-7-16(13(2)10-12)24(22,23)19-9-8-17(21)20-15-5-3-4-14(18)11-15/h3-7,10-11,19H,8-9H2,1-2H3,(H,20,21). The third kappa shape index (κ3) is 4.87. The smallest absolute Gasteiger partial charge is 0.240 e. The van der Waals surface area contributed by atoms with Gasteiger partial charge in [0.2, 0.25) is 15.9 Å². The van der Waals surface area contributed by atoms with E-state index in [1.54, 1.807) is 31.2 Å². The highest BCUT2D eigenvalue weighted by atomic mass is 32.2. The molecule has 128 valence electrons. The highest BCUT2D eigenvalue weighted by molar-refractivity contribution is 7.89. The minimum atomic E-state index is -3.67. The van der Waals surface area contributed by atoms with Gasteiger partial charge in [-0.25, -0.2) is 17.5 Å². The maximum atomic E-state index is 13.0. The van der Waals surface area contributed by atoms with Crippen molar-refractivity contribution < 1.29 is 17.6 Å². The van der Waals surface area contributed by atoms with Crippen LogP contribution in [0.4, 0.5) is 10.1 Å². The quantitative estimate of drug-likeness (QED) is 0.841. The first-order chi connectivity index (χ1) is 11.3. The van der Waals surface area contributed by atoms with Gasteiger partial charge >= 0.3 is 0 Å². The molecule has 1 amide bonds. The van der Waals surface area contributed by atoms with Crippen LogP contribution in [0.2, 0.25) is 0 Å². The first-order valence-corrected chi connectivity index (χ1v) is 8.88. The van der Waals surface area contributed by atoms with E-state index in [1.807, 2.05) is 6.92 Å². The van der Waals surface area contributed by atoms with E-state index in [-0.39, 0.29) is 17.9 Å². The van der Waals surface area contributed by atoms with Crippen LogP contribution in [-0.2, 0) is 14.8 Å². The van der Waals surface area contributed by atoms with Crippen LogP contribution in [0, 0.1) is 19.7 Å². The van der Waals surface area contributed by atoms with Crippen LogP contribution in [0.5, 0.6) is 0 Å². The Morgan fingerprint density at radius 3 is 2.54 bits per heavy atom. The average molecular weight is 350 g/mol. The van der Waals surface area contributed by atoms with Gasteiger partial charge in [0.25, 0.3) is 0 Å². The van der Waals surface area contributed by atoms with Gasteiger partial charge in [0.05, 0.1) is 4.90 Å². The van der Waals surface area contributed by atoms with Gasteiger partial charge in [-0.1, -0.05) is 23.8 Å². The fraction of sp³-hybridized carbons (Fsp3) is 0.235. The van der Waals surface area contributed by atoms with E-state index in [4.69, 9.17) is 0 Å². The van der Waals surface area contributed by atoms with Gasteiger partial charge in [-0.3, -0.25) is 4.79 Å². The van der Waals surface area contributed by atoms with Gasteiger partial charge in [0.15, 0.2) is 0 Å². The molecule has 0 atom stereocenters. The Hall–Kier alpha value is -2.25. The molecular formula is C17H19FN2O3S. The van der Waals surface area contributed by atoms with Gasteiger partial charge in [0, 0.05) is 18.7 Å². The van der Waals surface area contributed by atoms with E-state index >= 15 is 0 Å². The molecule has 0 spiro atoms. The summed E-state index contributed by atoms with van der Waals surface area (Å²) < 4.78 is 40.0. The van der Waals surface area contributed by atoms with Crippen molar-refractivity contribution >= 4 is 21.6 Å². The maximum Gasteiger partial charge on any atom is 0.240 e. The first kappa shape index (κ1) is 18.1. The maximum absolute atomic E-state index is 13.0. The number of hydrogen-bond donors (Lipinski definition) is 2. The van der Waals surface area contributed by atoms with Crippen molar-refractivity contribution in [1.82, 2.24) is 4.72 Å². The highest BCUT2D eigenvalue weighted by Crippen LogP contribution is 2.16. The lowest BCUT2D eigenvalue weighted by Gasteiger charge is -2.10. The Morgan fingerprint density at radius 2 is 1.88 bits per heavy atom. The molecule has 7 heteroatoms. The molecule has 0 unspecified atom stereocenters. The number of sulfonamides is 1. The molecule has 0 radical (unpaired) electrons.